The first kappa shape index (κ1) is 17.4. The van der Waals surface area contributed by atoms with Gasteiger partial charge < -0.3 is 15.2 Å². The number of hydrogen-bond acceptors (Lipinski definition) is 2. The standard InChI is InChI=1S/C24H27N3O/c1-16-8-10-20-18(14-16)19-15-17(9-11-21(19)25-20)24(28)26-22-6-2-3-7-23(22)27-12-4-5-13-27/h2-3,6-7,9,11,15-16,25H,4-5,8,10,12-14H2,1H3,(H,26,28)/t16-/m1/s1. The fourth-order valence-corrected chi connectivity index (χ4v) is 4.74. The molecule has 1 amide bonds. The molecule has 4 heteroatoms. The Bertz CT molecular complexity index is 1030. The van der Waals surface area contributed by atoms with Crippen LogP contribution in [0.5, 0.6) is 0 Å². The van der Waals surface area contributed by atoms with Gasteiger partial charge in [-0.2, -0.15) is 0 Å². The highest BCUT2D eigenvalue weighted by atomic mass is 16.1. The fourth-order valence-electron chi connectivity index (χ4n) is 4.74. The maximum absolute atomic E-state index is 13.0. The molecule has 1 saturated heterocycles. The number of hydrogen-bond donors (Lipinski definition) is 2. The zero-order chi connectivity index (χ0) is 19.1. The SMILES string of the molecule is C[C@@H]1CCc2[nH]c3ccc(C(=O)Nc4ccccc4N4CCCC4)cc3c2C1. The lowest BCUT2D eigenvalue weighted by atomic mass is 9.87. The van der Waals surface area contributed by atoms with E-state index in [2.05, 4.69) is 40.3 Å². The van der Waals surface area contributed by atoms with Crippen molar-refractivity contribution in [1.29, 1.82) is 0 Å². The molecule has 2 aromatic carbocycles. The second-order valence-electron chi connectivity index (χ2n) is 8.36. The number of benzene rings is 2. The minimum atomic E-state index is -0.0349. The predicted octanol–water partition coefficient (Wildman–Crippen LogP) is 5.15. The van der Waals surface area contributed by atoms with Crippen molar-refractivity contribution in [2.75, 3.05) is 23.3 Å². The van der Waals surface area contributed by atoms with Crippen molar-refractivity contribution in [3.63, 3.8) is 0 Å². The number of amides is 1. The van der Waals surface area contributed by atoms with Crippen molar-refractivity contribution in [1.82, 2.24) is 4.98 Å². The molecule has 5 rings (SSSR count). The first-order chi connectivity index (χ1) is 13.7. The zero-order valence-electron chi connectivity index (χ0n) is 16.4. The maximum Gasteiger partial charge on any atom is 0.255 e. The number of aromatic nitrogens is 1. The van der Waals surface area contributed by atoms with E-state index in [-0.39, 0.29) is 5.91 Å². The number of nitrogens with zero attached hydrogens (tertiary/aromatic N) is 1. The van der Waals surface area contributed by atoms with Gasteiger partial charge in [-0.25, -0.2) is 0 Å². The van der Waals surface area contributed by atoms with E-state index in [0.717, 1.165) is 48.4 Å². The number of carbonyl (C=O) groups is 1. The van der Waals surface area contributed by atoms with E-state index in [1.165, 1.54) is 35.9 Å². The van der Waals surface area contributed by atoms with E-state index in [4.69, 9.17) is 0 Å². The van der Waals surface area contributed by atoms with Gasteiger partial charge in [0.25, 0.3) is 5.91 Å². The number of anilines is 2. The molecule has 2 N–H and O–H groups in total. The quantitative estimate of drug-likeness (QED) is 0.667. The highest BCUT2D eigenvalue weighted by Crippen LogP contribution is 2.33. The Morgan fingerprint density at radius 3 is 2.82 bits per heavy atom. The van der Waals surface area contributed by atoms with Crippen molar-refractivity contribution in [2.24, 2.45) is 5.92 Å². The molecule has 28 heavy (non-hydrogen) atoms. The average Bonchev–Trinajstić information content (AvgIpc) is 3.36. The van der Waals surface area contributed by atoms with Gasteiger partial charge in [0, 0.05) is 35.2 Å². The van der Waals surface area contributed by atoms with Gasteiger partial charge in [-0.3, -0.25) is 4.79 Å². The summed E-state index contributed by atoms with van der Waals surface area (Å²) in [6, 6.07) is 14.2. The van der Waals surface area contributed by atoms with Crippen LogP contribution in [0.4, 0.5) is 11.4 Å². The molecule has 2 aliphatic rings. The van der Waals surface area contributed by atoms with Gasteiger partial charge >= 0.3 is 0 Å². The van der Waals surface area contributed by atoms with Gasteiger partial charge in [-0.15, -0.1) is 0 Å². The number of rotatable bonds is 3. The minimum absolute atomic E-state index is 0.0349. The van der Waals surface area contributed by atoms with Crippen molar-refractivity contribution in [3.8, 4) is 0 Å². The van der Waals surface area contributed by atoms with Gasteiger partial charge in [0.15, 0.2) is 0 Å². The molecule has 4 nitrogen and oxygen atoms in total. The minimum Gasteiger partial charge on any atom is -0.370 e. The molecule has 0 unspecified atom stereocenters. The predicted molar refractivity (Wildman–Crippen MR) is 115 cm³/mol. The van der Waals surface area contributed by atoms with Crippen LogP contribution in [0.25, 0.3) is 10.9 Å². The van der Waals surface area contributed by atoms with E-state index in [9.17, 15) is 4.79 Å². The summed E-state index contributed by atoms with van der Waals surface area (Å²) in [6.45, 7) is 4.44. The summed E-state index contributed by atoms with van der Waals surface area (Å²) in [4.78, 5) is 19.0. The average molecular weight is 374 g/mol. The Morgan fingerprint density at radius 1 is 1.14 bits per heavy atom. The summed E-state index contributed by atoms with van der Waals surface area (Å²) in [5, 5.41) is 4.37. The van der Waals surface area contributed by atoms with E-state index in [0.29, 0.717) is 5.92 Å². The molecule has 1 atom stereocenters. The second kappa shape index (κ2) is 7.01. The Balaban J connectivity index is 1.45. The highest BCUT2D eigenvalue weighted by Gasteiger charge is 2.21. The molecule has 1 aliphatic heterocycles. The summed E-state index contributed by atoms with van der Waals surface area (Å²) in [7, 11) is 0. The number of nitrogens with one attached hydrogen (secondary N) is 2. The fraction of sp³-hybridized carbons (Fsp3) is 0.375. The van der Waals surface area contributed by atoms with Crippen LogP contribution in [-0.4, -0.2) is 24.0 Å². The van der Waals surface area contributed by atoms with Crippen molar-refractivity contribution < 1.29 is 4.79 Å². The third-order valence-corrected chi connectivity index (χ3v) is 6.30. The number of H-pyrrole nitrogens is 1. The third kappa shape index (κ3) is 3.07. The van der Waals surface area contributed by atoms with Gasteiger partial charge in [0.2, 0.25) is 0 Å². The third-order valence-electron chi connectivity index (χ3n) is 6.30. The molecular formula is C24H27N3O. The molecule has 0 radical (unpaired) electrons. The maximum atomic E-state index is 13.0. The normalized spacial score (nSPS) is 19.0. The number of aromatic amines is 1. The molecule has 0 spiro atoms. The van der Waals surface area contributed by atoms with Gasteiger partial charge in [-0.05, 0) is 73.9 Å². The lowest BCUT2D eigenvalue weighted by molar-refractivity contribution is 0.102. The lowest BCUT2D eigenvalue weighted by Gasteiger charge is -2.21. The molecule has 0 saturated carbocycles. The summed E-state index contributed by atoms with van der Waals surface area (Å²) in [6.07, 6.45) is 5.88. The first-order valence-electron chi connectivity index (χ1n) is 10.5. The van der Waals surface area contributed by atoms with E-state index in [1.54, 1.807) is 0 Å². The molecule has 3 aromatic rings. The second-order valence-corrected chi connectivity index (χ2v) is 8.36. The Kier molecular flexibility index (Phi) is 4.34. The first-order valence-corrected chi connectivity index (χ1v) is 10.5. The Hall–Kier alpha value is -2.75. The van der Waals surface area contributed by atoms with Crippen molar-refractivity contribution in [2.45, 2.75) is 39.0 Å². The monoisotopic (exact) mass is 373 g/mol. The van der Waals surface area contributed by atoms with Crippen molar-refractivity contribution >= 4 is 28.2 Å². The van der Waals surface area contributed by atoms with Crippen LogP contribution in [0, 0.1) is 5.92 Å². The lowest BCUT2D eigenvalue weighted by Crippen LogP contribution is -2.21. The number of carbonyl (C=O) groups excluding carboxylic acids is 1. The van der Waals surface area contributed by atoms with Crippen LogP contribution >= 0.6 is 0 Å². The molecule has 2 heterocycles. The number of aryl methyl sites for hydroxylation is 1. The van der Waals surface area contributed by atoms with E-state index < -0.39 is 0 Å². The topological polar surface area (TPSA) is 48.1 Å². The molecule has 1 fully saturated rings. The van der Waals surface area contributed by atoms with Crippen LogP contribution in [-0.2, 0) is 12.8 Å². The highest BCUT2D eigenvalue weighted by molar-refractivity contribution is 6.08. The van der Waals surface area contributed by atoms with E-state index >= 15 is 0 Å². The number of para-hydroxylation sites is 2. The number of fused-ring (bicyclic) bond motifs is 3. The summed E-state index contributed by atoms with van der Waals surface area (Å²) in [5.41, 5.74) is 6.66. The van der Waals surface area contributed by atoms with Gasteiger partial charge in [0.05, 0.1) is 11.4 Å². The summed E-state index contributed by atoms with van der Waals surface area (Å²) >= 11 is 0. The molecular weight excluding hydrogens is 346 g/mol. The Morgan fingerprint density at radius 2 is 1.96 bits per heavy atom. The zero-order valence-corrected chi connectivity index (χ0v) is 16.4. The summed E-state index contributed by atoms with van der Waals surface area (Å²) < 4.78 is 0. The Labute approximate surface area is 165 Å². The summed E-state index contributed by atoms with van der Waals surface area (Å²) in [5.74, 6) is 0.670. The van der Waals surface area contributed by atoms with Gasteiger partial charge in [0.1, 0.15) is 0 Å². The largest absolute Gasteiger partial charge is 0.370 e. The molecule has 144 valence electrons. The molecule has 0 bridgehead atoms. The van der Waals surface area contributed by atoms with Crippen LogP contribution in [0.1, 0.15) is 47.8 Å². The molecule has 1 aromatic heterocycles. The van der Waals surface area contributed by atoms with Crippen molar-refractivity contribution in [3.05, 3.63) is 59.3 Å². The molecule has 1 aliphatic carbocycles. The van der Waals surface area contributed by atoms with Crippen LogP contribution in [0.2, 0.25) is 0 Å². The van der Waals surface area contributed by atoms with Crippen LogP contribution < -0.4 is 10.2 Å². The van der Waals surface area contributed by atoms with Crippen LogP contribution in [0.3, 0.4) is 0 Å². The van der Waals surface area contributed by atoms with Crippen LogP contribution in [0.15, 0.2) is 42.5 Å². The van der Waals surface area contributed by atoms with E-state index in [1.807, 2.05) is 24.3 Å². The van der Waals surface area contributed by atoms with Gasteiger partial charge in [-0.1, -0.05) is 19.1 Å². The smallest absolute Gasteiger partial charge is 0.255 e.